The van der Waals surface area contributed by atoms with Crippen LogP contribution in [0.1, 0.15) is 32.1 Å². The van der Waals surface area contributed by atoms with Gasteiger partial charge in [-0.15, -0.1) is 0 Å². The van der Waals surface area contributed by atoms with E-state index in [-0.39, 0.29) is 0 Å². The molecule has 1 heterocycles. The molecule has 0 N–H and O–H groups in total. The van der Waals surface area contributed by atoms with Crippen molar-refractivity contribution in [2.24, 2.45) is 5.92 Å². The Bertz CT molecular complexity index is 178. The molecular formula is C9H15NO. The second-order valence-electron chi connectivity index (χ2n) is 3.82. The van der Waals surface area contributed by atoms with Crippen LogP contribution in [0.5, 0.6) is 0 Å². The Morgan fingerprint density at radius 2 is 2.09 bits per heavy atom. The van der Waals surface area contributed by atoms with E-state index in [0.29, 0.717) is 17.9 Å². The van der Waals surface area contributed by atoms with Gasteiger partial charge in [0.2, 0.25) is 5.91 Å². The number of hydrogen-bond donors (Lipinski definition) is 0. The van der Waals surface area contributed by atoms with Gasteiger partial charge in [-0.2, -0.15) is 0 Å². The number of amides is 1. The summed E-state index contributed by atoms with van der Waals surface area (Å²) in [4.78, 5) is 13.2. The van der Waals surface area contributed by atoms with E-state index >= 15 is 0 Å². The maximum Gasteiger partial charge on any atom is 0.222 e. The third-order valence-electron chi connectivity index (χ3n) is 3.20. The van der Waals surface area contributed by atoms with E-state index in [9.17, 15) is 4.79 Å². The lowest BCUT2D eigenvalue weighted by atomic mass is 9.85. The van der Waals surface area contributed by atoms with Crippen molar-refractivity contribution in [3.8, 4) is 0 Å². The highest BCUT2D eigenvalue weighted by atomic mass is 16.2. The topological polar surface area (TPSA) is 20.3 Å². The minimum atomic E-state index is 0.363. The lowest BCUT2D eigenvalue weighted by Gasteiger charge is -2.28. The summed E-state index contributed by atoms with van der Waals surface area (Å²) in [7, 11) is 1.96. The van der Waals surface area contributed by atoms with Crippen LogP contribution < -0.4 is 0 Å². The van der Waals surface area contributed by atoms with Crippen LogP contribution in [0.15, 0.2) is 0 Å². The molecule has 1 aliphatic heterocycles. The summed E-state index contributed by atoms with van der Waals surface area (Å²) in [5.41, 5.74) is 0. The van der Waals surface area contributed by atoms with E-state index in [2.05, 4.69) is 0 Å². The molecule has 62 valence electrons. The SMILES string of the molecule is CN1C(=O)CC2CCCCC21. The lowest BCUT2D eigenvalue weighted by molar-refractivity contribution is -0.127. The number of likely N-dealkylation sites (tertiary alicyclic amines) is 1. The fourth-order valence-electron chi connectivity index (χ4n) is 2.49. The molecule has 11 heavy (non-hydrogen) atoms. The van der Waals surface area contributed by atoms with Crippen LogP contribution in [-0.4, -0.2) is 23.9 Å². The molecular weight excluding hydrogens is 138 g/mol. The average molecular weight is 153 g/mol. The highest BCUT2D eigenvalue weighted by Crippen LogP contribution is 2.35. The molecule has 2 atom stereocenters. The van der Waals surface area contributed by atoms with Gasteiger partial charge in [-0.25, -0.2) is 0 Å². The molecule has 2 unspecified atom stereocenters. The Balaban J connectivity index is 2.11. The van der Waals surface area contributed by atoms with Crippen molar-refractivity contribution in [3.63, 3.8) is 0 Å². The first-order valence-corrected chi connectivity index (χ1v) is 4.54. The molecule has 0 radical (unpaired) electrons. The van der Waals surface area contributed by atoms with E-state index < -0.39 is 0 Å². The quantitative estimate of drug-likeness (QED) is 0.515. The van der Waals surface area contributed by atoms with Crippen molar-refractivity contribution in [3.05, 3.63) is 0 Å². The Labute approximate surface area is 67.6 Å². The molecule has 2 rings (SSSR count). The minimum Gasteiger partial charge on any atom is -0.342 e. The van der Waals surface area contributed by atoms with Gasteiger partial charge >= 0.3 is 0 Å². The number of nitrogens with zero attached hydrogens (tertiary/aromatic N) is 1. The Morgan fingerprint density at radius 1 is 1.36 bits per heavy atom. The Hall–Kier alpha value is -0.530. The maximum absolute atomic E-state index is 11.3. The molecule has 0 bridgehead atoms. The van der Waals surface area contributed by atoms with Crippen molar-refractivity contribution in [2.45, 2.75) is 38.1 Å². The van der Waals surface area contributed by atoms with Crippen LogP contribution in [0, 0.1) is 5.92 Å². The van der Waals surface area contributed by atoms with E-state index in [0.717, 1.165) is 6.42 Å². The highest BCUT2D eigenvalue weighted by Gasteiger charge is 2.38. The van der Waals surface area contributed by atoms with Crippen LogP contribution in [0.4, 0.5) is 0 Å². The smallest absolute Gasteiger partial charge is 0.222 e. The molecule has 0 spiro atoms. The highest BCUT2D eigenvalue weighted by molar-refractivity contribution is 5.79. The standard InChI is InChI=1S/C9H15NO/c1-10-8-5-3-2-4-7(8)6-9(10)11/h7-8H,2-6H2,1H3. The number of fused-ring (bicyclic) bond motifs is 1. The Morgan fingerprint density at radius 3 is 2.82 bits per heavy atom. The van der Waals surface area contributed by atoms with Gasteiger partial charge in [-0.05, 0) is 18.8 Å². The zero-order valence-electron chi connectivity index (χ0n) is 7.05. The first kappa shape index (κ1) is 7.14. The fraction of sp³-hybridized carbons (Fsp3) is 0.889. The van der Waals surface area contributed by atoms with Gasteiger partial charge in [-0.3, -0.25) is 4.79 Å². The van der Waals surface area contributed by atoms with Crippen molar-refractivity contribution >= 4 is 5.91 Å². The van der Waals surface area contributed by atoms with Gasteiger partial charge in [0, 0.05) is 19.5 Å². The molecule has 0 aromatic heterocycles. The summed E-state index contributed by atoms with van der Waals surface area (Å²) in [5, 5.41) is 0. The molecule has 0 aromatic carbocycles. The molecule has 0 aromatic rings. The minimum absolute atomic E-state index is 0.363. The first-order chi connectivity index (χ1) is 5.29. The van der Waals surface area contributed by atoms with Crippen molar-refractivity contribution in [1.82, 2.24) is 4.90 Å². The van der Waals surface area contributed by atoms with Gasteiger partial charge in [0.1, 0.15) is 0 Å². The zero-order chi connectivity index (χ0) is 7.84. The summed E-state index contributed by atoms with van der Waals surface area (Å²) in [5.74, 6) is 1.06. The molecule has 1 saturated heterocycles. The summed E-state index contributed by atoms with van der Waals surface area (Å²) < 4.78 is 0. The molecule has 2 fully saturated rings. The van der Waals surface area contributed by atoms with Gasteiger partial charge in [0.15, 0.2) is 0 Å². The molecule has 2 nitrogen and oxygen atoms in total. The van der Waals surface area contributed by atoms with Gasteiger partial charge in [0.05, 0.1) is 0 Å². The van der Waals surface area contributed by atoms with Crippen LogP contribution in [-0.2, 0) is 4.79 Å². The molecule has 2 heteroatoms. The van der Waals surface area contributed by atoms with Crippen molar-refractivity contribution in [2.75, 3.05) is 7.05 Å². The predicted molar refractivity (Wildman–Crippen MR) is 43.1 cm³/mol. The molecule has 1 saturated carbocycles. The first-order valence-electron chi connectivity index (χ1n) is 4.54. The summed E-state index contributed by atoms with van der Waals surface area (Å²) in [6.45, 7) is 0. The van der Waals surface area contributed by atoms with Crippen molar-refractivity contribution < 1.29 is 4.79 Å². The van der Waals surface area contributed by atoms with Crippen LogP contribution >= 0.6 is 0 Å². The predicted octanol–water partition coefficient (Wildman–Crippen LogP) is 1.41. The van der Waals surface area contributed by atoms with Crippen molar-refractivity contribution in [1.29, 1.82) is 0 Å². The number of rotatable bonds is 0. The van der Waals surface area contributed by atoms with E-state index in [1.54, 1.807) is 0 Å². The van der Waals surface area contributed by atoms with Gasteiger partial charge in [-0.1, -0.05) is 12.8 Å². The van der Waals surface area contributed by atoms with E-state index in [1.807, 2.05) is 11.9 Å². The average Bonchev–Trinajstić information content (AvgIpc) is 2.30. The summed E-state index contributed by atoms with van der Waals surface area (Å²) in [6.07, 6.45) is 6.00. The fourth-order valence-corrected chi connectivity index (χ4v) is 2.49. The maximum atomic E-state index is 11.3. The number of carbonyl (C=O) groups excluding carboxylic acids is 1. The second kappa shape index (κ2) is 2.50. The molecule has 1 aliphatic carbocycles. The van der Waals surface area contributed by atoms with Gasteiger partial charge in [0.25, 0.3) is 0 Å². The largest absolute Gasteiger partial charge is 0.342 e. The van der Waals surface area contributed by atoms with Gasteiger partial charge < -0.3 is 4.90 Å². The monoisotopic (exact) mass is 153 g/mol. The third kappa shape index (κ3) is 1.05. The lowest BCUT2D eigenvalue weighted by Crippen LogP contribution is -2.33. The molecule has 2 aliphatic rings. The summed E-state index contributed by atoms with van der Waals surface area (Å²) >= 11 is 0. The van der Waals surface area contributed by atoms with E-state index in [1.165, 1.54) is 25.7 Å². The summed E-state index contributed by atoms with van der Waals surface area (Å²) in [6, 6.07) is 0.594. The number of carbonyl (C=O) groups is 1. The second-order valence-corrected chi connectivity index (χ2v) is 3.82. The van der Waals surface area contributed by atoms with Crippen LogP contribution in [0.25, 0.3) is 0 Å². The Kier molecular flexibility index (Phi) is 1.63. The zero-order valence-corrected chi connectivity index (χ0v) is 7.05. The normalized spacial score (nSPS) is 37.5. The number of hydrogen-bond acceptors (Lipinski definition) is 1. The van der Waals surface area contributed by atoms with E-state index in [4.69, 9.17) is 0 Å². The van der Waals surface area contributed by atoms with Crippen LogP contribution in [0.3, 0.4) is 0 Å². The van der Waals surface area contributed by atoms with Crippen LogP contribution in [0.2, 0.25) is 0 Å². The third-order valence-corrected chi connectivity index (χ3v) is 3.20. The molecule has 1 amide bonds.